The minimum atomic E-state index is 0.451. The summed E-state index contributed by atoms with van der Waals surface area (Å²) in [6.45, 7) is 3.20. The van der Waals surface area contributed by atoms with Crippen LogP contribution >= 0.6 is 0 Å². The molecule has 0 spiro atoms. The second kappa shape index (κ2) is 10.3. The van der Waals surface area contributed by atoms with Crippen LogP contribution in [0.2, 0.25) is 0 Å². The molecule has 0 amide bonds. The SMILES string of the molecule is COCCOCCOCCOc1cccc(C#N)c1. The van der Waals surface area contributed by atoms with Gasteiger partial charge in [0.05, 0.1) is 44.7 Å². The molecule has 0 aliphatic heterocycles. The highest BCUT2D eigenvalue weighted by Gasteiger charge is 1.96. The Morgan fingerprint density at radius 3 is 2.37 bits per heavy atom. The minimum Gasteiger partial charge on any atom is -0.491 e. The van der Waals surface area contributed by atoms with Crippen LogP contribution in [0.3, 0.4) is 0 Å². The zero-order chi connectivity index (χ0) is 13.8. The Kier molecular flexibility index (Phi) is 8.39. The molecule has 0 radical (unpaired) electrons. The first-order valence-electron chi connectivity index (χ1n) is 6.14. The van der Waals surface area contributed by atoms with Crippen LogP contribution in [0.5, 0.6) is 5.75 Å². The summed E-state index contributed by atoms with van der Waals surface area (Å²) in [5, 5.41) is 8.74. The van der Waals surface area contributed by atoms with Crippen molar-refractivity contribution in [2.75, 3.05) is 46.8 Å². The number of rotatable bonds is 10. The van der Waals surface area contributed by atoms with Crippen molar-refractivity contribution in [3.8, 4) is 11.8 Å². The molecule has 1 rings (SSSR count). The van der Waals surface area contributed by atoms with E-state index < -0.39 is 0 Å². The zero-order valence-electron chi connectivity index (χ0n) is 11.1. The second-order valence-corrected chi connectivity index (χ2v) is 3.71. The fourth-order valence-corrected chi connectivity index (χ4v) is 1.34. The fraction of sp³-hybridized carbons (Fsp3) is 0.500. The average molecular weight is 265 g/mol. The molecule has 0 unspecified atom stereocenters. The van der Waals surface area contributed by atoms with Crippen LogP contribution < -0.4 is 4.74 Å². The van der Waals surface area contributed by atoms with E-state index in [9.17, 15) is 0 Å². The van der Waals surface area contributed by atoms with Crippen LogP contribution in [0.25, 0.3) is 0 Å². The van der Waals surface area contributed by atoms with Crippen LogP contribution in [-0.2, 0) is 14.2 Å². The van der Waals surface area contributed by atoms with E-state index in [2.05, 4.69) is 6.07 Å². The quantitative estimate of drug-likeness (QED) is 0.602. The van der Waals surface area contributed by atoms with E-state index in [-0.39, 0.29) is 0 Å². The Morgan fingerprint density at radius 2 is 1.68 bits per heavy atom. The topological polar surface area (TPSA) is 60.7 Å². The average Bonchev–Trinajstić information content (AvgIpc) is 2.46. The van der Waals surface area contributed by atoms with Crippen molar-refractivity contribution in [3.63, 3.8) is 0 Å². The van der Waals surface area contributed by atoms with Crippen molar-refractivity contribution in [3.05, 3.63) is 29.8 Å². The van der Waals surface area contributed by atoms with E-state index in [1.54, 1.807) is 25.3 Å². The smallest absolute Gasteiger partial charge is 0.120 e. The molecule has 0 saturated carbocycles. The molecule has 104 valence electrons. The van der Waals surface area contributed by atoms with Crippen molar-refractivity contribution >= 4 is 0 Å². The van der Waals surface area contributed by atoms with Gasteiger partial charge >= 0.3 is 0 Å². The normalized spacial score (nSPS) is 10.1. The zero-order valence-corrected chi connectivity index (χ0v) is 11.1. The molecular formula is C14H19NO4. The number of hydrogen-bond donors (Lipinski definition) is 0. The number of ether oxygens (including phenoxy) is 4. The lowest BCUT2D eigenvalue weighted by atomic mass is 10.2. The molecule has 0 aliphatic carbocycles. The molecule has 19 heavy (non-hydrogen) atoms. The fourth-order valence-electron chi connectivity index (χ4n) is 1.34. The summed E-state index contributed by atoms with van der Waals surface area (Å²) in [6.07, 6.45) is 0. The Bertz CT molecular complexity index is 389. The number of benzene rings is 1. The third-order valence-electron chi connectivity index (χ3n) is 2.26. The first-order valence-corrected chi connectivity index (χ1v) is 6.14. The van der Waals surface area contributed by atoms with E-state index >= 15 is 0 Å². The lowest BCUT2D eigenvalue weighted by Gasteiger charge is -2.07. The van der Waals surface area contributed by atoms with E-state index in [1.165, 1.54) is 0 Å². The van der Waals surface area contributed by atoms with Crippen molar-refractivity contribution in [2.24, 2.45) is 0 Å². The Labute approximate surface area is 113 Å². The standard InChI is InChI=1S/C14H19NO4/c1-16-5-6-17-7-8-18-9-10-19-14-4-2-3-13(11-14)12-15/h2-4,11H,5-10H2,1H3. The minimum absolute atomic E-state index is 0.451. The first kappa shape index (κ1) is 15.4. The van der Waals surface area contributed by atoms with Crippen LogP contribution in [0.15, 0.2) is 24.3 Å². The summed E-state index contributed by atoms with van der Waals surface area (Å²) in [6, 6.07) is 9.11. The maximum atomic E-state index is 8.74. The van der Waals surface area contributed by atoms with E-state index in [0.717, 1.165) is 0 Å². The third kappa shape index (κ3) is 7.42. The van der Waals surface area contributed by atoms with Crippen LogP contribution in [-0.4, -0.2) is 46.8 Å². The van der Waals surface area contributed by atoms with Crippen molar-refractivity contribution in [2.45, 2.75) is 0 Å². The van der Waals surface area contributed by atoms with Gasteiger partial charge < -0.3 is 18.9 Å². The van der Waals surface area contributed by atoms with Gasteiger partial charge in [0.15, 0.2) is 0 Å². The predicted molar refractivity (Wildman–Crippen MR) is 70.2 cm³/mol. The summed E-state index contributed by atoms with van der Waals surface area (Å²) >= 11 is 0. The monoisotopic (exact) mass is 265 g/mol. The molecule has 5 nitrogen and oxygen atoms in total. The number of hydrogen-bond acceptors (Lipinski definition) is 5. The first-order chi connectivity index (χ1) is 9.36. The highest BCUT2D eigenvalue weighted by molar-refractivity contribution is 5.36. The summed E-state index contributed by atoms with van der Waals surface area (Å²) in [5.74, 6) is 0.680. The maximum Gasteiger partial charge on any atom is 0.120 e. The molecular weight excluding hydrogens is 246 g/mol. The predicted octanol–water partition coefficient (Wildman–Crippen LogP) is 1.62. The number of nitrogens with zero attached hydrogens (tertiary/aromatic N) is 1. The van der Waals surface area contributed by atoms with Gasteiger partial charge in [-0.05, 0) is 18.2 Å². The highest BCUT2D eigenvalue weighted by atomic mass is 16.6. The van der Waals surface area contributed by atoms with Gasteiger partial charge in [-0.1, -0.05) is 6.07 Å². The summed E-state index contributed by atoms with van der Waals surface area (Å²) in [5.41, 5.74) is 0.588. The molecule has 0 aromatic heterocycles. The van der Waals surface area contributed by atoms with E-state index in [4.69, 9.17) is 24.2 Å². The van der Waals surface area contributed by atoms with Crippen LogP contribution in [0, 0.1) is 11.3 Å². The van der Waals surface area contributed by atoms with Gasteiger partial charge in [-0.25, -0.2) is 0 Å². The third-order valence-corrected chi connectivity index (χ3v) is 2.26. The van der Waals surface area contributed by atoms with Gasteiger partial charge in [0.25, 0.3) is 0 Å². The molecule has 0 bridgehead atoms. The van der Waals surface area contributed by atoms with Gasteiger partial charge in [-0.2, -0.15) is 5.26 Å². The molecule has 0 aliphatic rings. The van der Waals surface area contributed by atoms with Crippen molar-refractivity contribution in [1.82, 2.24) is 0 Å². The maximum absolute atomic E-state index is 8.74. The lowest BCUT2D eigenvalue weighted by Crippen LogP contribution is -2.12. The molecule has 5 heteroatoms. The summed E-state index contributed by atoms with van der Waals surface area (Å²) in [4.78, 5) is 0. The van der Waals surface area contributed by atoms with Gasteiger partial charge in [0.1, 0.15) is 12.4 Å². The molecule has 1 aromatic rings. The highest BCUT2D eigenvalue weighted by Crippen LogP contribution is 2.12. The number of methoxy groups -OCH3 is 1. The van der Waals surface area contributed by atoms with Gasteiger partial charge in [0, 0.05) is 7.11 Å². The number of nitriles is 1. The van der Waals surface area contributed by atoms with E-state index in [0.29, 0.717) is 51.0 Å². The second-order valence-electron chi connectivity index (χ2n) is 3.71. The largest absolute Gasteiger partial charge is 0.491 e. The molecule has 1 aromatic carbocycles. The molecule has 0 fully saturated rings. The summed E-state index contributed by atoms with van der Waals surface area (Å²) < 4.78 is 20.9. The van der Waals surface area contributed by atoms with Gasteiger partial charge in [-0.3, -0.25) is 0 Å². The molecule has 0 heterocycles. The van der Waals surface area contributed by atoms with E-state index in [1.807, 2.05) is 6.07 Å². The van der Waals surface area contributed by atoms with Gasteiger partial charge in [-0.15, -0.1) is 0 Å². The van der Waals surface area contributed by atoms with Crippen LogP contribution in [0.1, 0.15) is 5.56 Å². The summed E-state index contributed by atoms with van der Waals surface area (Å²) in [7, 11) is 1.64. The van der Waals surface area contributed by atoms with Crippen LogP contribution in [0.4, 0.5) is 0 Å². The molecule has 0 atom stereocenters. The van der Waals surface area contributed by atoms with Crippen molar-refractivity contribution < 1.29 is 18.9 Å². The van der Waals surface area contributed by atoms with Gasteiger partial charge in [0.2, 0.25) is 0 Å². The Morgan fingerprint density at radius 1 is 1.00 bits per heavy atom. The Hall–Kier alpha value is -1.61. The lowest BCUT2D eigenvalue weighted by molar-refractivity contribution is 0.0180. The Balaban J connectivity index is 2.00. The molecule has 0 N–H and O–H groups in total. The van der Waals surface area contributed by atoms with Crippen molar-refractivity contribution in [1.29, 1.82) is 5.26 Å². The molecule has 0 saturated heterocycles.